The molecule has 4 nitrogen and oxygen atoms in total. The highest BCUT2D eigenvalue weighted by Crippen LogP contribution is 2.28. The number of nitrogens with zero attached hydrogens (tertiary/aromatic N) is 3. The zero-order chi connectivity index (χ0) is 12.3. The van der Waals surface area contributed by atoms with Gasteiger partial charge < -0.3 is 9.30 Å². The molecular formula is C13H8N3O. The molecule has 0 aliphatic heterocycles. The lowest BCUT2D eigenvalue weighted by Gasteiger charge is -2.09. The monoisotopic (exact) mass is 222 g/mol. The van der Waals surface area contributed by atoms with Crippen molar-refractivity contribution in [1.82, 2.24) is 4.57 Å². The Morgan fingerprint density at radius 1 is 1.24 bits per heavy atom. The van der Waals surface area contributed by atoms with E-state index < -0.39 is 0 Å². The zero-order valence-electron chi connectivity index (χ0n) is 9.14. The Bertz CT molecular complexity index is 597. The minimum Gasteiger partial charge on any atom is -0.438 e. The van der Waals surface area contributed by atoms with Crippen molar-refractivity contribution in [2.45, 2.75) is 0 Å². The van der Waals surface area contributed by atoms with Gasteiger partial charge in [-0.15, -0.1) is 0 Å². The zero-order valence-corrected chi connectivity index (χ0v) is 9.14. The van der Waals surface area contributed by atoms with Crippen LogP contribution in [-0.4, -0.2) is 4.57 Å². The van der Waals surface area contributed by atoms with Crippen molar-refractivity contribution < 1.29 is 4.74 Å². The van der Waals surface area contributed by atoms with E-state index in [1.165, 1.54) is 0 Å². The summed E-state index contributed by atoms with van der Waals surface area (Å²) in [6.07, 6.45) is 1.70. The van der Waals surface area contributed by atoms with Crippen molar-refractivity contribution in [2.75, 3.05) is 0 Å². The highest BCUT2D eigenvalue weighted by atomic mass is 16.5. The molecule has 1 heterocycles. The van der Waals surface area contributed by atoms with Crippen LogP contribution in [0.4, 0.5) is 0 Å². The summed E-state index contributed by atoms with van der Waals surface area (Å²) in [6, 6.07) is 13.4. The number of benzene rings is 1. The lowest BCUT2D eigenvalue weighted by molar-refractivity contribution is 0.440. The number of ether oxygens (including phenoxy) is 1. The SMILES string of the molecule is Cn1c[c]cc1Oc1c(C#N)cccc1C#N. The number of rotatable bonds is 2. The van der Waals surface area contributed by atoms with E-state index in [4.69, 9.17) is 15.3 Å². The van der Waals surface area contributed by atoms with Crippen LogP contribution < -0.4 is 4.74 Å². The standard InChI is InChI=1S/C13H8N3O/c1-16-7-3-6-12(16)17-13-10(8-14)4-2-5-11(13)9-15/h2,4-7H,1H3. The normalized spacial score (nSPS) is 9.35. The van der Waals surface area contributed by atoms with Gasteiger partial charge in [0.1, 0.15) is 12.1 Å². The molecule has 0 bridgehead atoms. The van der Waals surface area contributed by atoms with E-state index in [0.29, 0.717) is 17.0 Å². The van der Waals surface area contributed by atoms with Crippen LogP contribution in [0.2, 0.25) is 0 Å². The number of para-hydroxylation sites is 1. The molecule has 17 heavy (non-hydrogen) atoms. The third kappa shape index (κ3) is 1.97. The minimum absolute atomic E-state index is 0.285. The Labute approximate surface area is 98.9 Å². The van der Waals surface area contributed by atoms with Crippen molar-refractivity contribution in [3.05, 3.63) is 47.7 Å². The predicted molar refractivity (Wildman–Crippen MR) is 60.2 cm³/mol. The maximum absolute atomic E-state index is 8.98. The third-order valence-electron chi connectivity index (χ3n) is 2.29. The average molecular weight is 222 g/mol. The van der Waals surface area contributed by atoms with Crippen molar-refractivity contribution in [1.29, 1.82) is 10.5 Å². The first-order valence-corrected chi connectivity index (χ1v) is 4.89. The van der Waals surface area contributed by atoms with Crippen LogP contribution in [0.15, 0.2) is 30.5 Å². The number of hydrogen-bond donors (Lipinski definition) is 0. The summed E-state index contributed by atoms with van der Waals surface area (Å²) in [7, 11) is 1.80. The van der Waals surface area contributed by atoms with Crippen molar-refractivity contribution in [3.8, 4) is 23.8 Å². The van der Waals surface area contributed by atoms with Crippen LogP contribution in [0.25, 0.3) is 0 Å². The van der Waals surface area contributed by atoms with Crippen LogP contribution in [0.3, 0.4) is 0 Å². The van der Waals surface area contributed by atoms with Gasteiger partial charge in [-0.1, -0.05) is 6.07 Å². The van der Waals surface area contributed by atoms with Crippen LogP contribution in [0.5, 0.6) is 11.6 Å². The molecule has 0 aliphatic carbocycles. The molecule has 2 aromatic rings. The lowest BCUT2D eigenvalue weighted by Crippen LogP contribution is -1.96. The van der Waals surface area contributed by atoms with E-state index in [1.54, 1.807) is 42.1 Å². The fourth-order valence-electron chi connectivity index (χ4n) is 1.41. The molecule has 0 saturated carbocycles. The van der Waals surface area contributed by atoms with Crippen molar-refractivity contribution in [2.24, 2.45) is 7.05 Å². The second-order valence-corrected chi connectivity index (χ2v) is 3.40. The summed E-state index contributed by atoms with van der Waals surface area (Å²) < 4.78 is 7.30. The van der Waals surface area contributed by atoms with Gasteiger partial charge in [0.25, 0.3) is 0 Å². The summed E-state index contributed by atoms with van der Waals surface area (Å²) in [5, 5.41) is 18.0. The van der Waals surface area contributed by atoms with E-state index in [1.807, 2.05) is 12.1 Å². The van der Waals surface area contributed by atoms with Gasteiger partial charge in [0, 0.05) is 25.4 Å². The molecular weight excluding hydrogens is 214 g/mol. The van der Waals surface area contributed by atoms with Crippen LogP contribution in [0.1, 0.15) is 11.1 Å². The average Bonchev–Trinajstić information content (AvgIpc) is 2.75. The molecule has 0 spiro atoms. The molecule has 0 saturated heterocycles. The Hall–Kier alpha value is -2.72. The Morgan fingerprint density at radius 2 is 1.88 bits per heavy atom. The van der Waals surface area contributed by atoms with E-state index in [-0.39, 0.29) is 5.75 Å². The maximum Gasteiger partial charge on any atom is 0.200 e. The Kier molecular flexibility index (Phi) is 2.81. The number of nitriles is 2. The molecule has 0 aliphatic rings. The first-order chi connectivity index (χ1) is 8.26. The number of aryl methyl sites for hydroxylation is 1. The highest BCUT2D eigenvalue weighted by molar-refractivity contribution is 5.54. The summed E-state index contributed by atoms with van der Waals surface area (Å²) in [5.74, 6) is 0.817. The van der Waals surface area contributed by atoms with Gasteiger partial charge in [0.05, 0.1) is 11.1 Å². The van der Waals surface area contributed by atoms with Gasteiger partial charge in [-0.2, -0.15) is 10.5 Å². The van der Waals surface area contributed by atoms with E-state index in [9.17, 15) is 0 Å². The van der Waals surface area contributed by atoms with E-state index in [2.05, 4.69) is 6.07 Å². The van der Waals surface area contributed by atoms with Crippen molar-refractivity contribution in [3.63, 3.8) is 0 Å². The summed E-state index contributed by atoms with van der Waals surface area (Å²) in [4.78, 5) is 0. The van der Waals surface area contributed by atoms with Gasteiger partial charge in [-0.3, -0.25) is 0 Å². The molecule has 1 radical (unpaired) electrons. The number of aromatic nitrogens is 1. The van der Waals surface area contributed by atoms with Gasteiger partial charge in [0.15, 0.2) is 5.75 Å². The van der Waals surface area contributed by atoms with Crippen LogP contribution in [-0.2, 0) is 7.05 Å². The van der Waals surface area contributed by atoms with Crippen LogP contribution >= 0.6 is 0 Å². The predicted octanol–water partition coefficient (Wildman–Crippen LogP) is 2.36. The molecule has 1 aromatic carbocycles. The number of hydrogen-bond acceptors (Lipinski definition) is 3. The first kappa shape index (κ1) is 10.8. The van der Waals surface area contributed by atoms with Gasteiger partial charge in [-0.05, 0) is 12.1 Å². The van der Waals surface area contributed by atoms with Crippen molar-refractivity contribution >= 4 is 0 Å². The highest BCUT2D eigenvalue weighted by Gasteiger charge is 2.11. The Balaban J connectivity index is 2.49. The summed E-state index contributed by atoms with van der Waals surface area (Å²) >= 11 is 0. The molecule has 4 heteroatoms. The molecule has 0 N–H and O–H groups in total. The fraction of sp³-hybridized carbons (Fsp3) is 0.0769. The molecule has 1 aromatic heterocycles. The molecule has 0 atom stereocenters. The summed E-state index contributed by atoms with van der Waals surface area (Å²) in [5.41, 5.74) is 0.676. The van der Waals surface area contributed by atoms with Crippen LogP contribution in [0, 0.1) is 28.7 Å². The molecule has 0 amide bonds. The largest absolute Gasteiger partial charge is 0.438 e. The molecule has 0 unspecified atom stereocenters. The second-order valence-electron chi connectivity index (χ2n) is 3.40. The van der Waals surface area contributed by atoms with Gasteiger partial charge >= 0.3 is 0 Å². The smallest absolute Gasteiger partial charge is 0.200 e. The fourth-order valence-corrected chi connectivity index (χ4v) is 1.41. The third-order valence-corrected chi connectivity index (χ3v) is 2.29. The second kappa shape index (κ2) is 4.42. The first-order valence-electron chi connectivity index (χ1n) is 4.89. The summed E-state index contributed by atoms with van der Waals surface area (Å²) in [6.45, 7) is 0. The van der Waals surface area contributed by atoms with Gasteiger partial charge in [0.2, 0.25) is 5.88 Å². The van der Waals surface area contributed by atoms with E-state index >= 15 is 0 Å². The Morgan fingerprint density at radius 3 is 2.35 bits per heavy atom. The van der Waals surface area contributed by atoms with E-state index in [0.717, 1.165) is 0 Å². The maximum atomic E-state index is 8.98. The molecule has 0 fully saturated rings. The topological polar surface area (TPSA) is 61.7 Å². The lowest BCUT2D eigenvalue weighted by atomic mass is 10.1. The molecule has 81 valence electrons. The minimum atomic E-state index is 0.285. The quantitative estimate of drug-likeness (QED) is 0.783. The van der Waals surface area contributed by atoms with Gasteiger partial charge in [-0.25, -0.2) is 0 Å². The molecule has 2 rings (SSSR count).